The van der Waals surface area contributed by atoms with Crippen LogP contribution in [0.5, 0.6) is 0 Å². The summed E-state index contributed by atoms with van der Waals surface area (Å²) >= 11 is 4.96. The monoisotopic (exact) mass is 272 g/mol. The molecule has 2 aromatic rings. The van der Waals surface area contributed by atoms with Crippen LogP contribution in [0, 0.1) is 6.92 Å². The molecule has 1 aromatic carbocycles. The number of aromatic nitrogens is 2. The zero-order valence-electron chi connectivity index (χ0n) is 11.0. The number of aryl methyl sites for hydroxylation is 1. The summed E-state index contributed by atoms with van der Waals surface area (Å²) in [5.41, 5.74) is 8.47. The van der Waals surface area contributed by atoms with Gasteiger partial charge in [0.05, 0.1) is 0 Å². The van der Waals surface area contributed by atoms with Crippen molar-refractivity contribution in [2.75, 3.05) is 11.4 Å². The van der Waals surface area contributed by atoms with Crippen molar-refractivity contribution in [2.24, 2.45) is 5.73 Å². The summed E-state index contributed by atoms with van der Waals surface area (Å²) in [6.07, 6.45) is 1.68. The fourth-order valence-corrected chi connectivity index (χ4v) is 2.02. The normalized spacial score (nSPS) is 10.2. The first-order chi connectivity index (χ1) is 9.13. The van der Waals surface area contributed by atoms with Gasteiger partial charge in [-0.15, -0.1) is 0 Å². The second kappa shape index (κ2) is 5.75. The molecule has 0 aliphatic rings. The molecule has 5 heteroatoms. The van der Waals surface area contributed by atoms with Crippen LogP contribution in [0.3, 0.4) is 0 Å². The van der Waals surface area contributed by atoms with Crippen molar-refractivity contribution in [3.8, 4) is 0 Å². The number of anilines is 2. The van der Waals surface area contributed by atoms with Gasteiger partial charge in [-0.3, -0.25) is 0 Å². The summed E-state index contributed by atoms with van der Waals surface area (Å²) in [6.45, 7) is 4.89. The molecular weight excluding hydrogens is 256 g/mol. The van der Waals surface area contributed by atoms with Crippen LogP contribution >= 0.6 is 12.2 Å². The fraction of sp³-hybridized carbons (Fsp3) is 0.214. The average Bonchev–Trinajstić information content (AvgIpc) is 2.42. The third-order valence-corrected chi connectivity index (χ3v) is 3.07. The van der Waals surface area contributed by atoms with E-state index in [4.69, 9.17) is 18.0 Å². The zero-order valence-corrected chi connectivity index (χ0v) is 11.8. The van der Waals surface area contributed by atoms with Gasteiger partial charge in [0.1, 0.15) is 10.7 Å². The summed E-state index contributed by atoms with van der Waals surface area (Å²) in [5, 5.41) is 0. The molecule has 0 spiro atoms. The molecule has 0 saturated carbocycles. The molecule has 2 rings (SSSR count). The van der Waals surface area contributed by atoms with Gasteiger partial charge in [0.2, 0.25) is 5.95 Å². The molecule has 0 unspecified atom stereocenters. The van der Waals surface area contributed by atoms with Crippen molar-refractivity contribution >= 4 is 28.8 Å². The van der Waals surface area contributed by atoms with Crippen molar-refractivity contribution in [3.05, 3.63) is 47.8 Å². The summed E-state index contributed by atoms with van der Waals surface area (Å²) in [5.74, 6) is 0.613. The van der Waals surface area contributed by atoms with E-state index in [1.54, 1.807) is 12.3 Å². The number of benzene rings is 1. The Hall–Kier alpha value is -2.01. The topological polar surface area (TPSA) is 55.0 Å². The second-order valence-corrected chi connectivity index (χ2v) is 4.58. The molecule has 0 amide bonds. The Kier molecular flexibility index (Phi) is 4.06. The van der Waals surface area contributed by atoms with Gasteiger partial charge in [-0.1, -0.05) is 30.4 Å². The highest BCUT2D eigenvalue weighted by molar-refractivity contribution is 7.80. The summed E-state index contributed by atoms with van der Waals surface area (Å²) in [7, 11) is 0. The van der Waals surface area contributed by atoms with Gasteiger partial charge in [0.15, 0.2) is 0 Å². The Balaban J connectivity index is 2.45. The third-order valence-electron chi connectivity index (χ3n) is 2.86. The molecule has 98 valence electrons. The highest BCUT2D eigenvalue weighted by Gasteiger charge is 2.13. The lowest BCUT2D eigenvalue weighted by molar-refractivity contribution is 0.938. The summed E-state index contributed by atoms with van der Waals surface area (Å²) < 4.78 is 0. The molecule has 0 aliphatic heterocycles. The van der Waals surface area contributed by atoms with E-state index >= 15 is 0 Å². The SMILES string of the molecule is CCN(c1nccc(C(N)=S)n1)c1ccccc1C. The van der Waals surface area contributed by atoms with Gasteiger partial charge < -0.3 is 10.6 Å². The lowest BCUT2D eigenvalue weighted by Crippen LogP contribution is -2.21. The summed E-state index contributed by atoms with van der Waals surface area (Å²) in [6, 6.07) is 9.85. The van der Waals surface area contributed by atoms with Crippen LogP contribution in [-0.4, -0.2) is 21.5 Å². The molecule has 0 aliphatic carbocycles. The maximum absolute atomic E-state index is 5.62. The Bertz CT molecular complexity index is 598. The largest absolute Gasteiger partial charge is 0.388 e. The van der Waals surface area contributed by atoms with Crippen molar-refractivity contribution in [2.45, 2.75) is 13.8 Å². The van der Waals surface area contributed by atoms with Crippen LogP contribution in [0.4, 0.5) is 11.6 Å². The zero-order chi connectivity index (χ0) is 13.8. The Morgan fingerprint density at radius 3 is 2.68 bits per heavy atom. The first-order valence-corrected chi connectivity index (χ1v) is 6.50. The lowest BCUT2D eigenvalue weighted by Gasteiger charge is -2.22. The Morgan fingerprint density at radius 2 is 2.05 bits per heavy atom. The predicted octanol–water partition coefficient (Wildman–Crippen LogP) is 2.58. The number of hydrogen-bond donors (Lipinski definition) is 1. The lowest BCUT2D eigenvalue weighted by atomic mass is 10.2. The minimum absolute atomic E-state index is 0.282. The maximum Gasteiger partial charge on any atom is 0.230 e. The van der Waals surface area contributed by atoms with E-state index in [0.29, 0.717) is 11.6 Å². The predicted molar refractivity (Wildman–Crippen MR) is 81.8 cm³/mol. The standard InChI is InChI=1S/C14H16N4S/c1-3-18(12-7-5-4-6-10(12)2)14-16-9-8-11(17-14)13(15)19/h4-9H,3H2,1-2H3,(H2,15,19). The van der Waals surface area contributed by atoms with Crippen LogP contribution in [0.2, 0.25) is 0 Å². The second-order valence-electron chi connectivity index (χ2n) is 4.14. The number of thiocarbonyl (C=S) groups is 1. The molecule has 19 heavy (non-hydrogen) atoms. The first-order valence-electron chi connectivity index (χ1n) is 6.09. The molecule has 0 atom stereocenters. The molecule has 1 aromatic heterocycles. The van der Waals surface area contributed by atoms with E-state index in [1.807, 2.05) is 17.0 Å². The summed E-state index contributed by atoms with van der Waals surface area (Å²) in [4.78, 5) is 11.0. The molecule has 0 fully saturated rings. The molecule has 1 heterocycles. The van der Waals surface area contributed by atoms with Crippen molar-refractivity contribution in [3.63, 3.8) is 0 Å². The smallest absolute Gasteiger partial charge is 0.230 e. The van der Waals surface area contributed by atoms with E-state index in [0.717, 1.165) is 12.2 Å². The molecule has 0 radical (unpaired) electrons. The molecule has 0 bridgehead atoms. The Morgan fingerprint density at radius 1 is 1.32 bits per heavy atom. The van der Waals surface area contributed by atoms with E-state index < -0.39 is 0 Å². The van der Waals surface area contributed by atoms with Crippen LogP contribution in [0.25, 0.3) is 0 Å². The van der Waals surface area contributed by atoms with E-state index in [2.05, 4.69) is 35.9 Å². The minimum atomic E-state index is 0.282. The number of nitrogens with two attached hydrogens (primary N) is 1. The van der Waals surface area contributed by atoms with Crippen LogP contribution in [0.15, 0.2) is 36.5 Å². The third kappa shape index (κ3) is 2.88. The van der Waals surface area contributed by atoms with Gasteiger partial charge in [-0.05, 0) is 31.5 Å². The first kappa shape index (κ1) is 13.4. The van der Waals surface area contributed by atoms with E-state index in [1.165, 1.54) is 5.56 Å². The van der Waals surface area contributed by atoms with Gasteiger partial charge in [-0.2, -0.15) is 0 Å². The van der Waals surface area contributed by atoms with Gasteiger partial charge in [0.25, 0.3) is 0 Å². The number of rotatable bonds is 4. The van der Waals surface area contributed by atoms with Crippen molar-refractivity contribution in [1.29, 1.82) is 0 Å². The molecule has 4 nitrogen and oxygen atoms in total. The van der Waals surface area contributed by atoms with Gasteiger partial charge in [-0.25, -0.2) is 9.97 Å². The Labute approximate surface area is 118 Å². The highest BCUT2D eigenvalue weighted by atomic mass is 32.1. The van der Waals surface area contributed by atoms with E-state index in [9.17, 15) is 0 Å². The number of hydrogen-bond acceptors (Lipinski definition) is 4. The molecule has 0 saturated heterocycles. The van der Waals surface area contributed by atoms with Crippen molar-refractivity contribution in [1.82, 2.24) is 9.97 Å². The molecular formula is C14H16N4S. The number of para-hydroxylation sites is 1. The van der Waals surface area contributed by atoms with Gasteiger partial charge in [0, 0.05) is 18.4 Å². The average molecular weight is 272 g/mol. The van der Waals surface area contributed by atoms with E-state index in [-0.39, 0.29) is 4.99 Å². The van der Waals surface area contributed by atoms with Crippen molar-refractivity contribution < 1.29 is 0 Å². The van der Waals surface area contributed by atoms with Gasteiger partial charge >= 0.3 is 0 Å². The van der Waals surface area contributed by atoms with Crippen LogP contribution in [-0.2, 0) is 0 Å². The fourth-order valence-electron chi connectivity index (χ4n) is 1.90. The minimum Gasteiger partial charge on any atom is -0.388 e. The maximum atomic E-state index is 5.62. The number of nitrogens with zero attached hydrogens (tertiary/aromatic N) is 3. The van der Waals surface area contributed by atoms with Crippen LogP contribution in [0.1, 0.15) is 18.2 Å². The molecule has 2 N–H and O–H groups in total. The highest BCUT2D eigenvalue weighted by Crippen LogP contribution is 2.25. The van der Waals surface area contributed by atoms with Crippen LogP contribution < -0.4 is 10.6 Å². The quantitative estimate of drug-likeness (QED) is 0.867.